The number of alkyl halides is 1. The molecule has 1 aromatic heterocycles. The van der Waals surface area contributed by atoms with Gasteiger partial charge in [-0.05, 0) is 18.7 Å². The Labute approximate surface area is 98.4 Å². The fraction of sp³-hybridized carbons (Fsp3) is 0.600. The largest absolute Gasteiger partial charge is 0.384 e. The third kappa shape index (κ3) is 2.37. The van der Waals surface area contributed by atoms with E-state index in [0.717, 1.165) is 13.0 Å². The maximum Gasteiger partial charge on any atom is 0.227 e. The van der Waals surface area contributed by atoms with Crippen LogP contribution in [0.25, 0.3) is 0 Å². The first kappa shape index (κ1) is 11.4. The molecule has 2 N–H and O–H groups in total. The smallest absolute Gasteiger partial charge is 0.227 e. The molecule has 16 heavy (non-hydrogen) atoms. The third-order valence-corrected chi connectivity index (χ3v) is 3.87. The zero-order chi connectivity index (χ0) is 11.5. The number of nitrogens with two attached hydrogens (primary N) is 1. The summed E-state index contributed by atoms with van der Waals surface area (Å²) in [4.78, 5) is 10.1. The minimum absolute atomic E-state index is 0.0947. The molecule has 1 aromatic rings. The highest BCUT2D eigenvalue weighted by Gasteiger charge is 2.29. The van der Waals surface area contributed by atoms with E-state index in [1.165, 1.54) is 0 Å². The normalized spacial score (nSPS) is 25.8. The summed E-state index contributed by atoms with van der Waals surface area (Å²) in [6, 6.07) is 1.63. The number of aromatic nitrogens is 2. The first-order chi connectivity index (χ1) is 7.70. The third-order valence-electron chi connectivity index (χ3n) is 2.73. The molecule has 0 unspecified atom stereocenters. The van der Waals surface area contributed by atoms with Crippen molar-refractivity contribution in [3.63, 3.8) is 0 Å². The van der Waals surface area contributed by atoms with Crippen LogP contribution in [0.2, 0.25) is 0 Å². The molecule has 0 amide bonds. The molecule has 0 aromatic carbocycles. The molecule has 1 fully saturated rings. The fourth-order valence-electron chi connectivity index (χ4n) is 1.84. The average molecular weight is 242 g/mol. The van der Waals surface area contributed by atoms with E-state index in [2.05, 4.69) is 9.97 Å². The summed E-state index contributed by atoms with van der Waals surface area (Å²) in [5.74, 6) is 0.953. The van der Waals surface area contributed by atoms with Crippen LogP contribution in [0, 0.1) is 0 Å². The van der Waals surface area contributed by atoms with Crippen molar-refractivity contribution in [3.05, 3.63) is 12.3 Å². The van der Waals surface area contributed by atoms with E-state index in [1.54, 1.807) is 24.0 Å². The topological polar surface area (TPSA) is 55.0 Å². The lowest BCUT2D eigenvalue weighted by molar-refractivity contribution is 0.294. The van der Waals surface area contributed by atoms with E-state index < -0.39 is 6.17 Å². The number of nitrogens with zero attached hydrogens (tertiary/aromatic N) is 3. The Balaban J connectivity index is 2.07. The van der Waals surface area contributed by atoms with Crippen molar-refractivity contribution in [1.82, 2.24) is 9.97 Å². The molecule has 2 atom stereocenters. The number of rotatable bonds is 2. The first-order valence-corrected chi connectivity index (χ1v) is 6.50. The number of hydrogen-bond acceptors (Lipinski definition) is 5. The summed E-state index contributed by atoms with van der Waals surface area (Å²) in [6.07, 6.45) is 3.55. The van der Waals surface area contributed by atoms with Gasteiger partial charge in [-0.2, -0.15) is 16.7 Å². The molecule has 1 saturated heterocycles. The lowest BCUT2D eigenvalue weighted by Gasteiger charge is -2.33. The van der Waals surface area contributed by atoms with Gasteiger partial charge >= 0.3 is 0 Å². The van der Waals surface area contributed by atoms with Crippen LogP contribution in [-0.2, 0) is 0 Å². The quantitative estimate of drug-likeness (QED) is 0.848. The Morgan fingerprint density at radius 1 is 1.62 bits per heavy atom. The molecule has 0 aliphatic carbocycles. The summed E-state index contributed by atoms with van der Waals surface area (Å²) in [7, 11) is 0. The molecule has 2 heterocycles. The second kappa shape index (κ2) is 4.86. The summed E-state index contributed by atoms with van der Waals surface area (Å²) in [6.45, 7) is 1.14. The molecule has 0 bridgehead atoms. The number of nitrogen functional groups attached to an aromatic ring is 1. The highest BCUT2D eigenvalue weighted by Crippen LogP contribution is 2.25. The van der Waals surface area contributed by atoms with Gasteiger partial charge in [-0.1, -0.05) is 0 Å². The summed E-state index contributed by atoms with van der Waals surface area (Å²) >= 11 is 1.59. The Morgan fingerprint density at radius 2 is 2.44 bits per heavy atom. The van der Waals surface area contributed by atoms with Crippen molar-refractivity contribution >= 4 is 23.5 Å². The van der Waals surface area contributed by atoms with Crippen LogP contribution in [-0.4, -0.2) is 40.7 Å². The van der Waals surface area contributed by atoms with Crippen LogP contribution < -0.4 is 10.6 Å². The van der Waals surface area contributed by atoms with E-state index >= 15 is 0 Å². The summed E-state index contributed by atoms with van der Waals surface area (Å²) in [5.41, 5.74) is 5.58. The molecule has 6 heteroatoms. The van der Waals surface area contributed by atoms with Crippen LogP contribution in [0.4, 0.5) is 16.2 Å². The van der Waals surface area contributed by atoms with Gasteiger partial charge in [-0.15, -0.1) is 0 Å². The SMILES string of the molecule is CS[C@H]1CCN(c2nccc(N)n2)C[C@H]1F. The molecule has 88 valence electrons. The van der Waals surface area contributed by atoms with Crippen molar-refractivity contribution in [2.45, 2.75) is 17.8 Å². The van der Waals surface area contributed by atoms with Gasteiger partial charge in [-0.3, -0.25) is 0 Å². The zero-order valence-corrected chi connectivity index (χ0v) is 9.95. The number of anilines is 2. The number of thioether (sulfide) groups is 1. The lowest BCUT2D eigenvalue weighted by Crippen LogP contribution is -2.44. The maximum atomic E-state index is 13.7. The average Bonchev–Trinajstić information content (AvgIpc) is 2.29. The van der Waals surface area contributed by atoms with Crippen molar-refractivity contribution in [2.75, 3.05) is 30.0 Å². The predicted octanol–water partition coefficient (Wildman–Crippen LogP) is 1.34. The van der Waals surface area contributed by atoms with E-state index in [1.807, 2.05) is 11.2 Å². The van der Waals surface area contributed by atoms with Gasteiger partial charge in [0.1, 0.15) is 12.0 Å². The van der Waals surface area contributed by atoms with Crippen LogP contribution in [0.1, 0.15) is 6.42 Å². The molecule has 4 nitrogen and oxygen atoms in total. The second-order valence-corrected chi connectivity index (χ2v) is 4.88. The summed E-state index contributed by atoms with van der Waals surface area (Å²) in [5, 5.41) is 0.0947. The molecular formula is C10H15FN4S. The van der Waals surface area contributed by atoms with Gasteiger partial charge in [-0.25, -0.2) is 9.37 Å². The van der Waals surface area contributed by atoms with Gasteiger partial charge in [0.05, 0.1) is 6.54 Å². The van der Waals surface area contributed by atoms with E-state index in [4.69, 9.17) is 5.73 Å². The number of halogens is 1. The van der Waals surface area contributed by atoms with Crippen molar-refractivity contribution in [3.8, 4) is 0 Å². The molecule has 1 aliphatic heterocycles. The molecule has 2 rings (SSSR count). The van der Waals surface area contributed by atoms with Crippen molar-refractivity contribution in [2.24, 2.45) is 0 Å². The first-order valence-electron chi connectivity index (χ1n) is 5.21. The van der Waals surface area contributed by atoms with Crippen LogP contribution in [0.15, 0.2) is 12.3 Å². The van der Waals surface area contributed by atoms with Gasteiger partial charge < -0.3 is 10.6 Å². The molecule has 1 aliphatic rings. The van der Waals surface area contributed by atoms with Crippen LogP contribution in [0.5, 0.6) is 0 Å². The highest BCUT2D eigenvalue weighted by atomic mass is 32.2. The Hall–Kier alpha value is -1.04. The highest BCUT2D eigenvalue weighted by molar-refractivity contribution is 7.99. The second-order valence-electron chi connectivity index (χ2n) is 3.81. The minimum atomic E-state index is -0.825. The maximum absolute atomic E-state index is 13.7. The van der Waals surface area contributed by atoms with Crippen LogP contribution >= 0.6 is 11.8 Å². The Kier molecular flexibility index (Phi) is 3.48. The molecule has 0 saturated carbocycles. The fourth-order valence-corrected chi connectivity index (χ4v) is 2.57. The minimum Gasteiger partial charge on any atom is -0.384 e. The van der Waals surface area contributed by atoms with Crippen molar-refractivity contribution in [1.29, 1.82) is 0 Å². The Morgan fingerprint density at radius 3 is 3.06 bits per heavy atom. The number of hydrogen-bond donors (Lipinski definition) is 1. The number of piperidine rings is 1. The lowest BCUT2D eigenvalue weighted by atomic mass is 10.1. The van der Waals surface area contributed by atoms with E-state index in [9.17, 15) is 4.39 Å². The van der Waals surface area contributed by atoms with Crippen molar-refractivity contribution < 1.29 is 4.39 Å². The van der Waals surface area contributed by atoms with Gasteiger partial charge in [0.15, 0.2) is 0 Å². The monoisotopic (exact) mass is 242 g/mol. The molecular weight excluding hydrogens is 227 g/mol. The van der Waals surface area contributed by atoms with Gasteiger partial charge in [0.25, 0.3) is 0 Å². The van der Waals surface area contributed by atoms with Gasteiger partial charge in [0, 0.05) is 18.0 Å². The van der Waals surface area contributed by atoms with Crippen LogP contribution in [0.3, 0.4) is 0 Å². The Bertz CT molecular complexity index is 362. The summed E-state index contributed by atoms with van der Waals surface area (Å²) < 4.78 is 13.7. The van der Waals surface area contributed by atoms with Gasteiger partial charge in [0.2, 0.25) is 5.95 Å². The molecule has 0 radical (unpaired) electrons. The van der Waals surface area contributed by atoms with E-state index in [-0.39, 0.29) is 5.25 Å². The standard InChI is InChI=1S/C10H15FN4S/c1-16-8-3-5-15(6-7(8)11)10-13-4-2-9(12)14-10/h2,4,7-8H,3,5-6H2,1H3,(H2,12,13,14)/t7-,8+/m1/s1. The predicted molar refractivity (Wildman–Crippen MR) is 65.5 cm³/mol. The molecule has 0 spiro atoms. The zero-order valence-electron chi connectivity index (χ0n) is 9.14. The van der Waals surface area contributed by atoms with E-state index in [0.29, 0.717) is 18.3 Å².